The van der Waals surface area contributed by atoms with Crippen molar-refractivity contribution in [3.05, 3.63) is 48.0 Å². The van der Waals surface area contributed by atoms with E-state index in [-0.39, 0.29) is 5.91 Å². The minimum Gasteiger partial charge on any atom is -0.480 e. The Bertz CT molecular complexity index is 992. The Balaban J connectivity index is 1.52. The average molecular weight is 427 g/mol. The van der Waals surface area contributed by atoms with Crippen molar-refractivity contribution in [2.24, 2.45) is 0 Å². The fourth-order valence-electron chi connectivity index (χ4n) is 3.25. The maximum absolute atomic E-state index is 12.6. The number of amides is 3. The van der Waals surface area contributed by atoms with Gasteiger partial charge in [0.25, 0.3) is 11.8 Å². The van der Waals surface area contributed by atoms with E-state index in [4.69, 9.17) is 9.84 Å². The van der Waals surface area contributed by atoms with E-state index in [0.717, 1.165) is 16.3 Å². The van der Waals surface area contributed by atoms with Gasteiger partial charge >= 0.3 is 5.97 Å². The second kappa shape index (κ2) is 10.0. The van der Waals surface area contributed by atoms with Gasteiger partial charge in [-0.1, -0.05) is 49.7 Å². The number of carbonyl (C=O) groups is 4. The third kappa shape index (κ3) is 6.02. The Morgan fingerprint density at radius 3 is 2.42 bits per heavy atom. The van der Waals surface area contributed by atoms with Gasteiger partial charge in [0, 0.05) is 6.54 Å². The van der Waals surface area contributed by atoms with Gasteiger partial charge in [-0.3, -0.25) is 19.2 Å². The summed E-state index contributed by atoms with van der Waals surface area (Å²) >= 11 is 0. The van der Waals surface area contributed by atoms with Gasteiger partial charge in [0.05, 0.1) is 0 Å². The van der Waals surface area contributed by atoms with Crippen LogP contribution in [0.15, 0.2) is 42.5 Å². The molecule has 2 aromatic rings. The first kappa shape index (κ1) is 22.2. The zero-order chi connectivity index (χ0) is 22.4. The summed E-state index contributed by atoms with van der Waals surface area (Å²) in [5, 5.41) is 18.4. The third-order valence-electron chi connectivity index (χ3n) is 4.91. The number of aliphatic carboxylic acids is 1. The minimum atomic E-state index is -1.19. The zero-order valence-corrected chi connectivity index (χ0v) is 17.1. The van der Waals surface area contributed by atoms with Crippen molar-refractivity contribution < 1.29 is 29.0 Å². The van der Waals surface area contributed by atoms with E-state index in [0.29, 0.717) is 19.4 Å². The second-order valence-corrected chi connectivity index (χ2v) is 7.34. The van der Waals surface area contributed by atoms with Gasteiger partial charge in [-0.05, 0) is 28.8 Å². The zero-order valence-electron chi connectivity index (χ0n) is 17.1. The van der Waals surface area contributed by atoms with Crippen LogP contribution in [0.3, 0.4) is 0 Å². The van der Waals surface area contributed by atoms with E-state index in [2.05, 4.69) is 16.0 Å². The molecule has 1 saturated heterocycles. The summed E-state index contributed by atoms with van der Waals surface area (Å²) in [6.07, 6.45) is -0.968. The predicted molar refractivity (Wildman–Crippen MR) is 112 cm³/mol. The van der Waals surface area contributed by atoms with E-state index in [1.165, 1.54) is 0 Å². The molecular weight excluding hydrogens is 402 g/mol. The van der Waals surface area contributed by atoms with Gasteiger partial charge in [0.15, 0.2) is 12.2 Å². The molecule has 1 fully saturated rings. The van der Waals surface area contributed by atoms with Crippen LogP contribution in [0.4, 0.5) is 0 Å². The highest BCUT2D eigenvalue weighted by molar-refractivity contribution is 5.97. The van der Waals surface area contributed by atoms with Crippen molar-refractivity contribution in [1.82, 2.24) is 16.0 Å². The first-order valence-corrected chi connectivity index (χ1v) is 10.1. The van der Waals surface area contributed by atoms with Gasteiger partial charge in [-0.2, -0.15) is 0 Å². The van der Waals surface area contributed by atoms with Crippen LogP contribution >= 0.6 is 0 Å². The van der Waals surface area contributed by atoms with Crippen molar-refractivity contribution in [2.75, 3.05) is 6.54 Å². The van der Waals surface area contributed by atoms with E-state index in [9.17, 15) is 19.2 Å². The highest BCUT2D eigenvalue weighted by Crippen LogP contribution is 2.22. The summed E-state index contributed by atoms with van der Waals surface area (Å²) in [6.45, 7) is 1.66. The maximum Gasteiger partial charge on any atom is 0.322 e. The molecule has 0 saturated carbocycles. The van der Waals surface area contributed by atoms with E-state index in [1.807, 2.05) is 49.4 Å². The number of fused-ring (bicyclic) bond motifs is 1. The van der Waals surface area contributed by atoms with Crippen LogP contribution in [0.25, 0.3) is 10.8 Å². The number of ether oxygens (including phenoxy) is 1. The minimum absolute atomic E-state index is 0.319. The second-order valence-electron chi connectivity index (χ2n) is 7.34. The van der Waals surface area contributed by atoms with Gasteiger partial charge in [-0.15, -0.1) is 0 Å². The monoisotopic (exact) mass is 427 g/mol. The molecule has 3 rings (SSSR count). The van der Waals surface area contributed by atoms with Crippen LogP contribution in [0.5, 0.6) is 0 Å². The van der Waals surface area contributed by atoms with Gasteiger partial charge in [-0.25, -0.2) is 0 Å². The molecule has 164 valence electrons. The number of epoxide rings is 1. The van der Waals surface area contributed by atoms with Gasteiger partial charge < -0.3 is 25.8 Å². The molecule has 4 N–H and O–H groups in total. The Morgan fingerprint density at radius 1 is 1.00 bits per heavy atom. The summed E-state index contributed by atoms with van der Waals surface area (Å²) in [6, 6.07) is 13.1. The lowest BCUT2D eigenvalue weighted by atomic mass is 10.1. The number of hydrogen-bond donors (Lipinski definition) is 4. The Hall–Kier alpha value is -3.46. The van der Waals surface area contributed by atoms with E-state index >= 15 is 0 Å². The number of carbonyl (C=O) groups excluding carboxylic acids is 3. The lowest BCUT2D eigenvalue weighted by Gasteiger charge is -2.17. The molecule has 1 aliphatic rings. The van der Waals surface area contributed by atoms with Crippen LogP contribution in [0, 0.1) is 0 Å². The van der Waals surface area contributed by atoms with E-state index in [1.54, 1.807) is 0 Å². The lowest BCUT2D eigenvalue weighted by molar-refractivity contribution is -0.138. The number of hydrogen-bond acceptors (Lipinski definition) is 5. The Kier molecular flexibility index (Phi) is 7.19. The molecule has 0 spiro atoms. The summed E-state index contributed by atoms with van der Waals surface area (Å²) in [4.78, 5) is 47.3. The topological polar surface area (TPSA) is 137 Å². The van der Waals surface area contributed by atoms with Crippen molar-refractivity contribution in [3.8, 4) is 0 Å². The molecule has 3 atom stereocenters. The molecule has 2 aromatic carbocycles. The summed E-state index contributed by atoms with van der Waals surface area (Å²) in [5.74, 6) is -2.76. The highest BCUT2D eigenvalue weighted by atomic mass is 16.6. The first-order chi connectivity index (χ1) is 14.9. The average Bonchev–Trinajstić information content (AvgIpc) is 3.56. The van der Waals surface area contributed by atoms with Gasteiger partial charge in [0.2, 0.25) is 5.91 Å². The maximum atomic E-state index is 12.6. The SMILES string of the molecule is CCC[C@H](NC(=O)[C@@H]1O[C@H]1C(=O)NCC(=O)O)C(=O)NCc1ccc2ccccc2c1. The lowest BCUT2D eigenvalue weighted by Crippen LogP contribution is -2.48. The first-order valence-electron chi connectivity index (χ1n) is 10.1. The predicted octanol–water partition coefficient (Wildman–Crippen LogP) is 0.709. The number of carboxylic acid groups (broad SMARTS) is 1. The normalized spacial score (nSPS) is 18.1. The standard InChI is InChI=1S/C22H25N3O6/c1-2-5-16(25-22(30)19-18(31-19)21(29)24-12-17(26)27)20(28)23-11-13-8-9-14-6-3-4-7-15(14)10-13/h3-4,6-10,16,18-19H,2,5,11-12H2,1H3,(H,23,28)(H,24,29)(H,25,30)(H,26,27)/t16-,18+,19+/m0/s1. The van der Waals surface area contributed by atoms with Crippen LogP contribution < -0.4 is 16.0 Å². The Morgan fingerprint density at radius 2 is 1.71 bits per heavy atom. The molecule has 1 heterocycles. The quantitative estimate of drug-likeness (QED) is 0.412. The molecule has 9 heteroatoms. The summed E-state index contributed by atoms with van der Waals surface area (Å²) in [7, 11) is 0. The summed E-state index contributed by atoms with van der Waals surface area (Å²) < 4.78 is 5.05. The number of nitrogens with one attached hydrogen (secondary N) is 3. The number of benzene rings is 2. The largest absolute Gasteiger partial charge is 0.480 e. The van der Waals surface area contributed by atoms with Crippen LogP contribution in [-0.4, -0.2) is 53.6 Å². The molecule has 31 heavy (non-hydrogen) atoms. The Labute approximate surface area is 179 Å². The molecule has 0 aliphatic carbocycles. The van der Waals surface area contributed by atoms with Gasteiger partial charge in [0.1, 0.15) is 12.6 Å². The number of carboxylic acids is 1. The molecule has 3 amide bonds. The molecule has 0 radical (unpaired) electrons. The molecule has 0 unspecified atom stereocenters. The van der Waals surface area contributed by atoms with Crippen molar-refractivity contribution in [2.45, 2.75) is 44.6 Å². The fourth-order valence-corrected chi connectivity index (χ4v) is 3.25. The highest BCUT2D eigenvalue weighted by Gasteiger charge is 2.50. The molecule has 1 aliphatic heterocycles. The van der Waals surface area contributed by atoms with Crippen LogP contribution in [0.1, 0.15) is 25.3 Å². The molecule has 0 aromatic heterocycles. The smallest absolute Gasteiger partial charge is 0.322 e. The van der Waals surface area contributed by atoms with Crippen molar-refractivity contribution in [3.63, 3.8) is 0 Å². The molecule has 0 bridgehead atoms. The molecular formula is C22H25N3O6. The van der Waals surface area contributed by atoms with Crippen molar-refractivity contribution >= 4 is 34.5 Å². The fraction of sp³-hybridized carbons (Fsp3) is 0.364. The van der Waals surface area contributed by atoms with E-state index < -0.39 is 42.6 Å². The van der Waals surface area contributed by atoms with Crippen molar-refractivity contribution in [1.29, 1.82) is 0 Å². The third-order valence-corrected chi connectivity index (χ3v) is 4.91. The van der Waals surface area contributed by atoms with Crippen LogP contribution in [-0.2, 0) is 30.5 Å². The number of rotatable bonds is 10. The molecule has 9 nitrogen and oxygen atoms in total. The summed E-state index contributed by atoms with van der Waals surface area (Å²) in [5.41, 5.74) is 0.939. The van der Waals surface area contributed by atoms with Crippen LogP contribution in [0.2, 0.25) is 0 Å².